The molecule has 4 heteroatoms. The highest BCUT2D eigenvalue weighted by Crippen LogP contribution is 2.26. The second-order valence-corrected chi connectivity index (χ2v) is 6.12. The van der Waals surface area contributed by atoms with E-state index >= 15 is 0 Å². The monoisotopic (exact) mass is 294 g/mol. The first-order chi connectivity index (χ1) is 9.08. The van der Waals surface area contributed by atoms with E-state index in [9.17, 15) is 0 Å². The molecule has 0 fully saturated rings. The quantitative estimate of drug-likeness (QED) is 0.905. The first kappa shape index (κ1) is 14.5. The molecule has 102 valence electrons. The van der Waals surface area contributed by atoms with Crippen LogP contribution in [-0.2, 0) is 6.54 Å². The fourth-order valence-electron chi connectivity index (χ4n) is 2.42. The molecule has 1 aromatic heterocycles. The fraction of sp³-hybridized carbons (Fsp3) is 0.333. The zero-order chi connectivity index (χ0) is 13.8. The Morgan fingerprint density at radius 1 is 1.37 bits per heavy atom. The first-order valence-corrected chi connectivity index (χ1v) is 7.62. The van der Waals surface area contributed by atoms with Gasteiger partial charge in [0.1, 0.15) is 0 Å². The Morgan fingerprint density at radius 3 is 2.74 bits per heavy atom. The minimum atomic E-state index is 0.0436. The van der Waals surface area contributed by atoms with Gasteiger partial charge in [-0.2, -0.15) is 11.3 Å². The molecular weight excluding hydrogens is 276 g/mol. The van der Waals surface area contributed by atoms with Crippen molar-refractivity contribution in [3.05, 3.63) is 57.2 Å². The van der Waals surface area contributed by atoms with Crippen LogP contribution < -0.4 is 5.73 Å². The van der Waals surface area contributed by atoms with Crippen molar-refractivity contribution < 1.29 is 0 Å². The first-order valence-electron chi connectivity index (χ1n) is 6.30. The second-order valence-electron chi connectivity index (χ2n) is 4.91. The number of thiophene rings is 1. The molecule has 0 aliphatic carbocycles. The molecule has 0 bridgehead atoms. The fourth-order valence-corrected chi connectivity index (χ4v) is 3.28. The minimum Gasteiger partial charge on any atom is -0.326 e. The molecule has 19 heavy (non-hydrogen) atoms. The van der Waals surface area contributed by atoms with Gasteiger partial charge in [-0.05, 0) is 54.1 Å². The van der Waals surface area contributed by atoms with Gasteiger partial charge in [-0.3, -0.25) is 4.90 Å². The molecule has 0 aliphatic rings. The molecule has 0 aliphatic heterocycles. The predicted molar refractivity (Wildman–Crippen MR) is 83.6 cm³/mol. The lowest BCUT2D eigenvalue weighted by Crippen LogP contribution is -2.36. The molecule has 2 atom stereocenters. The zero-order valence-corrected chi connectivity index (χ0v) is 12.8. The van der Waals surface area contributed by atoms with Crippen molar-refractivity contribution in [1.82, 2.24) is 4.90 Å². The van der Waals surface area contributed by atoms with Gasteiger partial charge in [-0.1, -0.05) is 23.7 Å². The van der Waals surface area contributed by atoms with Crippen molar-refractivity contribution >= 4 is 22.9 Å². The molecule has 0 saturated heterocycles. The Bertz CT molecular complexity index is 511. The van der Waals surface area contributed by atoms with Gasteiger partial charge >= 0.3 is 0 Å². The van der Waals surface area contributed by atoms with E-state index in [0.717, 1.165) is 11.6 Å². The van der Waals surface area contributed by atoms with Gasteiger partial charge < -0.3 is 5.73 Å². The summed E-state index contributed by atoms with van der Waals surface area (Å²) in [5.74, 6) is 0. The third-order valence-electron chi connectivity index (χ3n) is 3.18. The molecule has 2 nitrogen and oxygen atoms in total. The van der Waals surface area contributed by atoms with Crippen LogP contribution in [0.25, 0.3) is 0 Å². The number of hydrogen-bond donors (Lipinski definition) is 1. The summed E-state index contributed by atoms with van der Waals surface area (Å²) in [7, 11) is 2.10. The molecule has 2 unspecified atom stereocenters. The maximum absolute atomic E-state index is 6.17. The summed E-state index contributed by atoms with van der Waals surface area (Å²) in [4.78, 5) is 2.28. The zero-order valence-electron chi connectivity index (χ0n) is 11.2. The van der Waals surface area contributed by atoms with Gasteiger partial charge in [-0.15, -0.1) is 0 Å². The summed E-state index contributed by atoms with van der Waals surface area (Å²) < 4.78 is 0. The molecule has 0 spiro atoms. The van der Waals surface area contributed by atoms with Crippen molar-refractivity contribution in [3.63, 3.8) is 0 Å². The molecule has 0 saturated carbocycles. The number of likely N-dealkylation sites (N-methyl/N-ethyl adjacent to an activating group) is 1. The Morgan fingerprint density at radius 2 is 2.16 bits per heavy atom. The highest BCUT2D eigenvalue weighted by Gasteiger charge is 2.21. The van der Waals surface area contributed by atoms with Crippen molar-refractivity contribution in [1.29, 1.82) is 0 Å². The average molecular weight is 295 g/mol. The topological polar surface area (TPSA) is 29.3 Å². The number of hydrogen-bond acceptors (Lipinski definition) is 3. The molecule has 2 rings (SSSR count). The number of nitrogens with zero attached hydrogens (tertiary/aromatic N) is 1. The van der Waals surface area contributed by atoms with Crippen molar-refractivity contribution in [3.8, 4) is 0 Å². The average Bonchev–Trinajstić information content (AvgIpc) is 2.81. The maximum Gasteiger partial charge on any atom is 0.0497 e. The molecular formula is C15H19ClN2S. The summed E-state index contributed by atoms with van der Waals surface area (Å²) >= 11 is 7.80. The van der Waals surface area contributed by atoms with Crippen molar-refractivity contribution in [2.45, 2.75) is 25.6 Å². The lowest BCUT2D eigenvalue weighted by Gasteiger charge is -2.31. The normalized spacial score (nSPS) is 14.6. The van der Waals surface area contributed by atoms with E-state index in [2.05, 4.69) is 34.8 Å². The van der Waals surface area contributed by atoms with Crippen LogP contribution >= 0.6 is 22.9 Å². The SMILES string of the molecule is CC(N)C(c1cccc(Cl)c1)N(C)Cc1ccsc1. The van der Waals surface area contributed by atoms with E-state index in [0.29, 0.717) is 0 Å². The largest absolute Gasteiger partial charge is 0.326 e. The lowest BCUT2D eigenvalue weighted by atomic mass is 9.99. The molecule has 0 amide bonds. The van der Waals surface area contributed by atoms with Crippen LogP contribution in [0.5, 0.6) is 0 Å². The van der Waals surface area contributed by atoms with Crippen LogP contribution in [0.4, 0.5) is 0 Å². The summed E-state index contributed by atoms with van der Waals surface area (Å²) in [6.45, 7) is 2.93. The minimum absolute atomic E-state index is 0.0436. The van der Waals surface area contributed by atoms with Crippen LogP contribution in [0, 0.1) is 0 Å². The summed E-state index contributed by atoms with van der Waals surface area (Å²) in [5, 5.41) is 5.03. The molecule has 1 heterocycles. The molecule has 0 radical (unpaired) electrons. The molecule has 2 aromatic rings. The van der Waals surface area contributed by atoms with Gasteiger partial charge in [0.2, 0.25) is 0 Å². The predicted octanol–water partition coefficient (Wildman–Crippen LogP) is 3.92. The van der Waals surface area contributed by atoms with Gasteiger partial charge in [-0.25, -0.2) is 0 Å². The van der Waals surface area contributed by atoms with Crippen molar-refractivity contribution in [2.24, 2.45) is 5.73 Å². The highest BCUT2D eigenvalue weighted by atomic mass is 35.5. The third-order valence-corrected chi connectivity index (χ3v) is 4.14. The summed E-state index contributed by atoms with van der Waals surface area (Å²) in [6, 6.07) is 10.3. The number of halogens is 1. The van der Waals surface area contributed by atoms with Crippen molar-refractivity contribution in [2.75, 3.05) is 7.05 Å². The van der Waals surface area contributed by atoms with E-state index < -0.39 is 0 Å². The van der Waals surface area contributed by atoms with Gasteiger partial charge in [0.05, 0.1) is 0 Å². The van der Waals surface area contributed by atoms with E-state index in [1.54, 1.807) is 11.3 Å². The van der Waals surface area contributed by atoms with Crippen LogP contribution in [0.15, 0.2) is 41.1 Å². The Kier molecular flexibility index (Phi) is 4.99. The van der Waals surface area contributed by atoms with Crippen LogP contribution in [-0.4, -0.2) is 18.0 Å². The van der Waals surface area contributed by atoms with Gasteiger partial charge in [0.25, 0.3) is 0 Å². The number of benzene rings is 1. The Hall–Kier alpha value is -0.870. The molecule has 1 aromatic carbocycles. The van der Waals surface area contributed by atoms with Crippen LogP contribution in [0.1, 0.15) is 24.1 Å². The van der Waals surface area contributed by atoms with E-state index in [1.807, 2.05) is 25.1 Å². The van der Waals surface area contributed by atoms with Crippen LogP contribution in [0.3, 0.4) is 0 Å². The van der Waals surface area contributed by atoms with Crippen LogP contribution in [0.2, 0.25) is 5.02 Å². The summed E-state index contributed by atoms with van der Waals surface area (Å²) in [6.07, 6.45) is 0. The van der Waals surface area contributed by atoms with Gasteiger partial charge in [0.15, 0.2) is 0 Å². The Labute approximate surface area is 123 Å². The maximum atomic E-state index is 6.17. The smallest absolute Gasteiger partial charge is 0.0497 e. The second kappa shape index (κ2) is 6.53. The van der Waals surface area contributed by atoms with E-state index in [-0.39, 0.29) is 12.1 Å². The van der Waals surface area contributed by atoms with Gasteiger partial charge in [0, 0.05) is 23.7 Å². The third kappa shape index (κ3) is 3.80. The number of nitrogens with two attached hydrogens (primary N) is 1. The summed E-state index contributed by atoms with van der Waals surface area (Å²) in [5.41, 5.74) is 8.65. The number of rotatable bonds is 5. The molecule has 2 N–H and O–H groups in total. The van der Waals surface area contributed by atoms with E-state index in [4.69, 9.17) is 17.3 Å². The highest BCUT2D eigenvalue weighted by molar-refractivity contribution is 7.07. The van der Waals surface area contributed by atoms with E-state index in [1.165, 1.54) is 11.1 Å². The Balaban J connectivity index is 2.20. The standard InChI is InChI=1S/C15H19ClN2S/c1-11(17)15(13-4-3-5-14(16)8-13)18(2)9-12-6-7-19-10-12/h3-8,10-11,15H,9,17H2,1-2H3. The lowest BCUT2D eigenvalue weighted by molar-refractivity contribution is 0.211.